The zero-order valence-corrected chi connectivity index (χ0v) is 15.6. The highest BCUT2D eigenvalue weighted by atomic mass is 16.5. The number of hydrazone groups is 1. The molecule has 0 aliphatic carbocycles. The van der Waals surface area contributed by atoms with E-state index >= 15 is 0 Å². The Hall–Kier alpha value is -4.00. The predicted molar refractivity (Wildman–Crippen MR) is 110 cm³/mol. The molecule has 0 aliphatic heterocycles. The van der Waals surface area contributed by atoms with Crippen molar-refractivity contribution in [2.24, 2.45) is 5.10 Å². The lowest BCUT2D eigenvalue weighted by molar-refractivity contribution is -0.123. The lowest BCUT2D eigenvalue weighted by Crippen LogP contribution is -2.28. The number of carbonyl (C=O) groups is 2. The molecular formula is C22H20N4O3. The summed E-state index contributed by atoms with van der Waals surface area (Å²) in [4.78, 5) is 27.6. The van der Waals surface area contributed by atoms with Gasteiger partial charge < -0.3 is 10.1 Å². The number of nitrogens with zero attached hydrogens (tertiary/aromatic N) is 2. The van der Waals surface area contributed by atoms with Crippen molar-refractivity contribution in [2.75, 3.05) is 6.61 Å². The Balaban J connectivity index is 1.41. The number of benzene rings is 2. The Labute approximate surface area is 168 Å². The third-order valence-electron chi connectivity index (χ3n) is 3.90. The summed E-state index contributed by atoms with van der Waals surface area (Å²) in [5.41, 5.74) is 4.73. The van der Waals surface area contributed by atoms with Crippen molar-refractivity contribution < 1.29 is 14.3 Å². The molecule has 0 fully saturated rings. The highest BCUT2D eigenvalue weighted by Crippen LogP contribution is 2.11. The summed E-state index contributed by atoms with van der Waals surface area (Å²) in [6, 6.07) is 19.9. The lowest BCUT2D eigenvalue weighted by Gasteiger charge is -2.08. The lowest BCUT2D eigenvalue weighted by atomic mass is 10.2. The van der Waals surface area contributed by atoms with Crippen molar-refractivity contribution in [1.82, 2.24) is 15.7 Å². The van der Waals surface area contributed by atoms with Crippen molar-refractivity contribution in [2.45, 2.75) is 6.54 Å². The van der Waals surface area contributed by atoms with Gasteiger partial charge in [0.05, 0.1) is 6.21 Å². The Bertz CT molecular complexity index is 958. The van der Waals surface area contributed by atoms with Crippen LogP contribution in [0.15, 0.2) is 84.2 Å². The summed E-state index contributed by atoms with van der Waals surface area (Å²) in [6.07, 6.45) is 4.61. The second-order valence-electron chi connectivity index (χ2n) is 6.06. The number of ether oxygens (including phenoxy) is 1. The molecule has 1 heterocycles. The molecule has 0 unspecified atom stereocenters. The molecule has 0 saturated carbocycles. The van der Waals surface area contributed by atoms with Crippen LogP contribution in [0.1, 0.15) is 21.5 Å². The number of pyridine rings is 1. The van der Waals surface area contributed by atoms with Gasteiger partial charge in [0.15, 0.2) is 6.61 Å². The van der Waals surface area contributed by atoms with E-state index in [0.29, 0.717) is 17.9 Å². The maximum atomic E-state index is 11.9. The van der Waals surface area contributed by atoms with Crippen LogP contribution in [0.25, 0.3) is 0 Å². The van der Waals surface area contributed by atoms with Gasteiger partial charge in [0.1, 0.15) is 5.75 Å². The van der Waals surface area contributed by atoms with Gasteiger partial charge in [-0.3, -0.25) is 14.6 Å². The zero-order valence-electron chi connectivity index (χ0n) is 15.6. The van der Waals surface area contributed by atoms with Crippen LogP contribution in [0.2, 0.25) is 0 Å². The van der Waals surface area contributed by atoms with E-state index in [0.717, 1.165) is 11.1 Å². The van der Waals surface area contributed by atoms with Gasteiger partial charge >= 0.3 is 0 Å². The Morgan fingerprint density at radius 1 is 0.966 bits per heavy atom. The van der Waals surface area contributed by atoms with Crippen LogP contribution in [0, 0.1) is 0 Å². The second kappa shape index (κ2) is 10.4. The SMILES string of the molecule is O=C(COc1ccc(/C=N/NC(=O)c2ccncc2)cc1)NCc1ccccc1. The molecule has 1 aromatic heterocycles. The van der Waals surface area contributed by atoms with Crippen LogP contribution < -0.4 is 15.5 Å². The van der Waals surface area contributed by atoms with Gasteiger partial charge in [0.25, 0.3) is 11.8 Å². The molecule has 3 rings (SSSR count). The summed E-state index contributed by atoms with van der Waals surface area (Å²) in [7, 11) is 0. The molecule has 2 aromatic carbocycles. The third kappa shape index (κ3) is 6.59. The number of nitrogens with one attached hydrogen (secondary N) is 2. The smallest absolute Gasteiger partial charge is 0.271 e. The fourth-order valence-corrected chi connectivity index (χ4v) is 2.38. The van der Waals surface area contributed by atoms with E-state index in [1.54, 1.807) is 48.8 Å². The first-order chi connectivity index (χ1) is 14.2. The number of hydrogen-bond donors (Lipinski definition) is 2. The van der Waals surface area contributed by atoms with Crippen LogP contribution in [0.5, 0.6) is 5.75 Å². The largest absolute Gasteiger partial charge is 0.484 e. The van der Waals surface area contributed by atoms with E-state index in [9.17, 15) is 9.59 Å². The normalized spacial score (nSPS) is 10.5. The molecule has 0 spiro atoms. The number of aromatic nitrogens is 1. The molecule has 0 radical (unpaired) electrons. The van der Waals surface area contributed by atoms with Gasteiger partial charge in [-0.1, -0.05) is 30.3 Å². The number of carbonyl (C=O) groups excluding carboxylic acids is 2. The van der Waals surface area contributed by atoms with Gasteiger partial charge in [-0.15, -0.1) is 0 Å². The summed E-state index contributed by atoms with van der Waals surface area (Å²) in [6.45, 7) is 0.395. The summed E-state index contributed by atoms with van der Waals surface area (Å²) < 4.78 is 5.48. The van der Waals surface area contributed by atoms with E-state index in [4.69, 9.17) is 4.74 Å². The first-order valence-electron chi connectivity index (χ1n) is 8.97. The molecule has 0 atom stereocenters. The maximum absolute atomic E-state index is 11.9. The van der Waals surface area contributed by atoms with Gasteiger partial charge in [-0.2, -0.15) is 5.10 Å². The molecule has 146 valence electrons. The average molecular weight is 388 g/mol. The molecule has 2 N–H and O–H groups in total. The van der Waals surface area contributed by atoms with Crippen molar-refractivity contribution >= 4 is 18.0 Å². The molecule has 0 bridgehead atoms. The highest BCUT2D eigenvalue weighted by Gasteiger charge is 2.04. The number of amides is 2. The molecule has 2 amide bonds. The first kappa shape index (κ1) is 19.8. The van der Waals surface area contributed by atoms with Crippen LogP contribution >= 0.6 is 0 Å². The third-order valence-corrected chi connectivity index (χ3v) is 3.90. The highest BCUT2D eigenvalue weighted by molar-refractivity contribution is 5.94. The first-order valence-corrected chi connectivity index (χ1v) is 8.97. The molecule has 3 aromatic rings. The van der Waals surface area contributed by atoms with Crippen molar-refractivity contribution in [1.29, 1.82) is 0 Å². The fourth-order valence-electron chi connectivity index (χ4n) is 2.38. The van der Waals surface area contributed by atoms with Gasteiger partial charge in [0.2, 0.25) is 0 Å². The van der Waals surface area contributed by atoms with Crippen molar-refractivity contribution in [3.63, 3.8) is 0 Å². The van der Waals surface area contributed by atoms with Gasteiger partial charge in [0, 0.05) is 24.5 Å². The van der Waals surface area contributed by atoms with E-state index in [2.05, 4.69) is 20.8 Å². The summed E-state index contributed by atoms with van der Waals surface area (Å²) in [5.74, 6) is 0.0567. The topological polar surface area (TPSA) is 92.7 Å². The maximum Gasteiger partial charge on any atom is 0.271 e. The zero-order chi connectivity index (χ0) is 20.3. The van der Waals surface area contributed by atoms with E-state index in [1.807, 2.05) is 30.3 Å². The minimum Gasteiger partial charge on any atom is -0.484 e. The standard InChI is InChI=1S/C22H20N4O3/c27-21(24-14-17-4-2-1-3-5-17)16-29-20-8-6-18(7-9-20)15-25-26-22(28)19-10-12-23-13-11-19/h1-13,15H,14,16H2,(H,24,27)(H,26,28)/b25-15+. The molecule has 0 saturated heterocycles. The number of rotatable bonds is 8. The Kier molecular flexibility index (Phi) is 7.06. The molecule has 29 heavy (non-hydrogen) atoms. The predicted octanol–water partition coefficient (Wildman–Crippen LogP) is 2.54. The van der Waals surface area contributed by atoms with E-state index < -0.39 is 0 Å². The van der Waals surface area contributed by atoms with Crippen LogP contribution in [-0.4, -0.2) is 29.6 Å². The summed E-state index contributed by atoms with van der Waals surface area (Å²) >= 11 is 0. The molecule has 7 nitrogen and oxygen atoms in total. The molecule has 7 heteroatoms. The molecule has 0 aliphatic rings. The molecular weight excluding hydrogens is 368 g/mol. The van der Waals surface area contributed by atoms with Crippen LogP contribution in [0.4, 0.5) is 0 Å². The fraction of sp³-hybridized carbons (Fsp3) is 0.0909. The Morgan fingerprint density at radius 3 is 2.41 bits per heavy atom. The van der Waals surface area contributed by atoms with Crippen molar-refractivity contribution in [3.05, 3.63) is 95.8 Å². The summed E-state index contributed by atoms with van der Waals surface area (Å²) in [5, 5.41) is 6.73. The van der Waals surface area contributed by atoms with Crippen LogP contribution in [0.3, 0.4) is 0 Å². The average Bonchev–Trinajstić information content (AvgIpc) is 2.78. The van der Waals surface area contributed by atoms with Gasteiger partial charge in [-0.05, 0) is 47.5 Å². The monoisotopic (exact) mass is 388 g/mol. The minimum absolute atomic E-state index is 0.0672. The van der Waals surface area contributed by atoms with Crippen molar-refractivity contribution in [3.8, 4) is 5.75 Å². The van der Waals surface area contributed by atoms with E-state index in [1.165, 1.54) is 6.21 Å². The minimum atomic E-state index is -0.315. The van der Waals surface area contributed by atoms with E-state index in [-0.39, 0.29) is 18.4 Å². The second-order valence-corrected chi connectivity index (χ2v) is 6.06. The Morgan fingerprint density at radius 2 is 1.69 bits per heavy atom. The quantitative estimate of drug-likeness (QED) is 0.458. The van der Waals surface area contributed by atoms with Crippen LogP contribution in [-0.2, 0) is 11.3 Å². The van der Waals surface area contributed by atoms with Gasteiger partial charge in [-0.25, -0.2) is 5.43 Å². The number of hydrogen-bond acceptors (Lipinski definition) is 5.